The van der Waals surface area contributed by atoms with Gasteiger partial charge in [-0.05, 0) is 51.4 Å². The van der Waals surface area contributed by atoms with E-state index in [1.807, 2.05) is 44.9 Å². The van der Waals surface area contributed by atoms with Gasteiger partial charge in [-0.3, -0.25) is 19.4 Å². The molecule has 29 heavy (non-hydrogen) atoms. The number of likely N-dealkylation sites (tertiary alicyclic amines) is 1. The van der Waals surface area contributed by atoms with Crippen LogP contribution in [-0.2, 0) is 11.8 Å². The van der Waals surface area contributed by atoms with Gasteiger partial charge in [-0.1, -0.05) is 0 Å². The van der Waals surface area contributed by atoms with Crippen molar-refractivity contribution in [2.75, 3.05) is 25.0 Å². The largest absolute Gasteiger partial charge is 0.301 e. The number of anilines is 1. The van der Waals surface area contributed by atoms with Crippen LogP contribution in [0.15, 0.2) is 24.5 Å². The molecule has 1 atom stereocenters. The Hall–Kier alpha value is -2.58. The maximum absolute atomic E-state index is 12.4. The maximum Gasteiger partial charge on any atom is 0.240 e. The second kappa shape index (κ2) is 8.04. The highest BCUT2D eigenvalue weighted by Crippen LogP contribution is 2.29. The third kappa shape index (κ3) is 4.54. The predicted octanol–water partition coefficient (Wildman–Crippen LogP) is 3.29. The summed E-state index contributed by atoms with van der Waals surface area (Å²) in [6.07, 6.45) is 4.91. The monoisotopic (exact) mass is 410 g/mol. The Balaban J connectivity index is 1.40. The summed E-state index contributed by atoms with van der Waals surface area (Å²) in [6.45, 7) is 8.12. The smallest absolute Gasteiger partial charge is 0.240 e. The predicted molar refractivity (Wildman–Crippen MR) is 115 cm³/mol. The molecule has 7 nitrogen and oxygen atoms in total. The third-order valence-electron chi connectivity index (χ3n) is 5.34. The number of thiazole rings is 1. The number of hydrogen-bond acceptors (Lipinski definition) is 6. The second-order valence-electron chi connectivity index (χ2n) is 7.75. The van der Waals surface area contributed by atoms with Crippen LogP contribution in [0.5, 0.6) is 0 Å². The Kier molecular flexibility index (Phi) is 5.47. The first-order valence-corrected chi connectivity index (χ1v) is 10.6. The standard InChI is InChI=1S/C21H26N6OS/c1-13-7-17(18-9-22-26(4)10-18)8-19(23-13)16-5-6-27(11-16)12-20(28)25-21-24-14(2)15(3)29-21/h7-10,16H,5-6,11-12H2,1-4H3,(H,24,25,28)/t16-/m1/s1. The molecule has 0 radical (unpaired) electrons. The van der Waals surface area contributed by atoms with Crippen molar-refractivity contribution in [1.29, 1.82) is 0 Å². The first-order chi connectivity index (χ1) is 13.9. The van der Waals surface area contributed by atoms with Crippen LogP contribution in [0.3, 0.4) is 0 Å². The number of hydrogen-bond donors (Lipinski definition) is 1. The first-order valence-electron chi connectivity index (χ1n) is 9.81. The van der Waals surface area contributed by atoms with Crippen LogP contribution in [0.25, 0.3) is 11.1 Å². The summed E-state index contributed by atoms with van der Waals surface area (Å²) >= 11 is 1.52. The Morgan fingerprint density at radius 3 is 2.76 bits per heavy atom. The van der Waals surface area contributed by atoms with Gasteiger partial charge in [0.25, 0.3) is 0 Å². The minimum atomic E-state index is -0.00681. The molecule has 1 fully saturated rings. The highest BCUT2D eigenvalue weighted by Gasteiger charge is 2.27. The maximum atomic E-state index is 12.4. The zero-order chi connectivity index (χ0) is 20.5. The number of carbonyl (C=O) groups is 1. The van der Waals surface area contributed by atoms with Crippen molar-refractivity contribution in [3.63, 3.8) is 0 Å². The van der Waals surface area contributed by atoms with Crippen molar-refractivity contribution in [3.05, 3.63) is 46.5 Å². The van der Waals surface area contributed by atoms with Crippen molar-refractivity contribution in [1.82, 2.24) is 24.6 Å². The lowest BCUT2D eigenvalue weighted by atomic mass is 10.00. The molecule has 3 aromatic rings. The number of nitrogens with one attached hydrogen (secondary N) is 1. The second-order valence-corrected chi connectivity index (χ2v) is 8.96. The fraction of sp³-hybridized carbons (Fsp3) is 0.429. The molecule has 3 aromatic heterocycles. The van der Waals surface area contributed by atoms with Crippen molar-refractivity contribution in [2.24, 2.45) is 7.05 Å². The molecule has 4 heterocycles. The molecule has 8 heteroatoms. The lowest BCUT2D eigenvalue weighted by Crippen LogP contribution is -2.31. The van der Waals surface area contributed by atoms with Crippen molar-refractivity contribution >= 4 is 22.4 Å². The molecule has 1 aliphatic rings. The summed E-state index contributed by atoms with van der Waals surface area (Å²) in [5, 5.41) is 7.89. The normalized spacial score (nSPS) is 17.0. The van der Waals surface area contributed by atoms with E-state index in [0.717, 1.165) is 52.6 Å². The lowest BCUT2D eigenvalue weighted by Gasteiger charge is -2.15. The molecule has 0 saturated carbocycles. The summed E-state index contributed by atoms with van der Waals surface area (Å²) in [4.78, 5) is 24.9. The molecule has 1 saturated heterocycles. The summed E-state index contributed by atoms with van der Waals surface area (Å²) in [6, 6.07) is 4.26. The third-order valence-corrected chi connectivity index (χ3v) is 6.33. The fourth-order valence-corrected chi connectivity index (χ4v) is 4.58. The van der Waals surface area contributed by atoms with Gasteiger partial charge in [0.05, 0.1) is 18.4 Å². The van der Waals surface area contributed by atoms with Crippen LogP contribution in [0.1, 0.15) is 34.3 Å². The van der Waals surface area contributed by atoms with Gasteiger partial charge in [0.2, 0.25) is 5.91 Å². The van der Waals surface area contributed by atoms with E-state index in [0.29, 0.717) is 17.6 Å². The van der Waals surface area contributed by atoms with E-state index in [1.54, 1.807) is 0 Å². The van der Waals surface area contributed by atoms with Gasteiger partial charge in [0, 0.05) is 47.5 Å². The Labute approximate surface area is 174 Å². The van der Waals surface area contributed by atoms with E-state index in [9.17, 15) is 4.79 Å². The van der Waals surface area contributed by atoms with Gasteiger partial charge in [-0.25, -0.2) is 4.98 Å². The van der Waals surface area contributed by atoms with Crippen LogP contribution >= 0.6 is 11.3 Å². The molecular weight excluding hydrogens is 384 g/mol. The van der Waals surface area contributed by atoms with E-state index in [1.165, 1.54) is 11.3 Å². The van der Waals surface area contributed by atoms with E-state index in [4.69, 9.17) is 4.98 Å². The number of pyridine rings is 1. The number of carbonyl (C=O) groups excluding carboxylic acids is 1. The average molecular weight is 411 g/mol. The molecule has 1 N–H and O–H groups in total. The molecule has 4 rings (SSSR count). The van der Waals surface area contributed by atoms with Gasteiger partial charge >= 0.3 is 0 Å². The van der Waals surface area contributed by atoms with Gasteiger partial charge in [0.15, 0.2) is 5.13 Å². The van der Waals surface area contributed by atoms with E-state index < -0.39 is 0 Å². The summed E-state index contributed by atoms with van der Waals surface area (Å²) in [5.74, 6) is 0.329. The highest BCUT2D eigenvalue weighted by molar-refractivity contribution is 7.15. The van der Waals surface area contributed by atoms with Crippen molar-refractivity contribution < 1.29 is 4.79 Å². The van der Waals surface area contributed by atoms with E-state index in [-0.39, 0.29) is 5.91 Å². The van der Waals surface area contributed by atoms with Crippen LogP contribution in [0, 0.1) is 20.8 Å². The Morgan fingerprint density at radius 2 is 2.07 bits per heavy atom. The van der Waals surface area contributed by atoms with Crippen LogP contribution in [0.2, 0.25) is 0 Å². The van der Waals surface area contributed by atoms with Gasteiger partial charge in [0.1, 0.15) is 0 Å². The quantitative estimate of drug-likeness (QED) is 0.698. The summed E-state index contributed by atoms with van der Waals surface area (Å²) in [7, 11) is 1.92. The minimum absolute atomic E-state index is 0.00681. The zero-order valence-electron chi connectivity index (χ0n) is 17.3. The number of nitrogens with zero attached hydrogens (tertiary/aromatic N) is 5. The van der Waals surface area contributed by atoms with Gasteiger partial charge in [-0.15, -0.1) is 11.3 Å². The van der Waals surface area contributed by atoms with Gasteiger partial charge in [-0.2, -0.15) is 5.10 Å². The van der Waals surface area contributed by atoms with E-state index >= 15 is 0 Å². The lowest BCUT2D eigenvalue weighted by molar-refractivity contribution is -0.117. The fourth-order valence-electron chi connectivity index (χ4n) is 3.75. The van der Waals surface area contributed by atoms with Crippen molar-refractivity contribution in [3.8, 4) is 11.1 Å². The van der Waals surface area contributed by atoms with Crippen LogP contribution < -0.4 is 5.32 Å². The SMILES string of the molecule is Cc1cc(-c2cnn(C)c2)cc([C@@H]2CCN(CC(=O)Nc3nc(C)c(C)s3)C2)n1. The van der Waals surface area contributed by atoms with Crippen molar-refractivity contribution in [2.45, 2.75) is 33.1 Å². The molecule has 0 unspecified atom stereocenters. The highest BCUT2D eigenvalue weighted by atomic mass is 32.1. The topological polar surface area (TPSA) is 75.9 Å². The summed E-state index contributed by atoms with van der Waals surface area (Å²) < 4.78 is 1.81. The van der Waals surface area contributed by atoms with Gasteiger partial charge < -0.3 is 5.32 Å². The zero-order valence-corrected chi connectivity index (χ0v) is 18.1. The first kappa shape index (κ1) is 19.7. The molecular formula is C21H26N6OS. The Bertz CT molecular complexity index is 1020. The number of rotatable bonds is 5. The van der Waals surface area contributed by atoms with E-state index in [2.05, 4.69) is 32.4 Å². The summed E-state index contributed by atoms with van der Waals surface area (Å²) in [5.41, 5.74) is 5.32. The van der Waals surface area contributed by atoms with Crippen LogP contribution in [-0.4, -0.2) is 50.2 Å². The number of aromatic nitrogens is 4. The minimum Gasteiger partial charge on any atom is -0.301 e. The number of amides is 1. The van der Waals surface area contributed by atoms with Crippen LogP contribution in [0.4, 0.5) is 5.13 Å². The molecule has 1 amide bonds. The molecule has 0 spiro atoms. The molecule has 152 valence electrons. The molecule has 0 aliphatic carbocycles. The molecule has 0 aromatic carbocycles. The Morgan fingerprint density at radius 1 is 1.24 bits per heavy atom. The molecule has 1 aliphatic heterocycles. The molecule has 0 bridgehead atoms. The number of aryl methyl sites for hydroxylation is 4. The average Bonchev–Trinajstić information content (AvgIpc) is 3.36.